The number of carboxylic acid groups (broad SMARTS) is 2. The summed E-state index contributed by atoms with van der Waals surface area (Å²) in [5.41, 5.74) is 6.40. The molecule has 1 aromatic heterocycles. The van der Waals surface area contributed by atoms with Crippen molar-refractivity contribution in [3.63, 3.8) is 0 Å². The van der Waals surface area contributed by atoms with E-state index in [2.05, 4.69) is 25.9 Å². The maximum atomic E-state index is 13.1. The number of phenolic OH excluding ortho intramolecular Hbond substituents is 1. The van der Waals surface area contributed by atoms with Gasteiger partial charge in [-0.1, -0.05) is 12.1 Å². The van der Waals surface area contributed by atoms with Crippen LogP contribution in [0.15, 0.2) is 36.8 Å². The number of H-pyrrole nitrogens is 1. The highest BCUT2D eigenvalue weighted by Gasteiger charge is 2.31. The van der Waals surface area contributed by atoms with Gasteiger partial charge in [-0.3, -0.25) is 19.2 Å². The second-order valence-corrected chi connectivity index (χ2v) is 8.06. The molecule has 0 spiro atoms. The van der Waals surface area contributed by atoms with E-state index in [1.165, 1.54) is 36.8 Å². The zero-order chi connectivity index (χ0) is 27.5. The molecule has 0 radical (unpaired) electrons. The molecule has 0 aliphatic carbocycles. The Kier molecular flexibility index (Phi) is 10.5. The average Bonchev–Trinajstić information content (AvgIpc) is 3.35. The van der Waals surface area contributed by atoms with E-state index >= 15 is 0 Å². The second-order valence-electron chi connectivity index (χ2n) is 8.06. The number of imidazole rings is 1. The van der Waals surface area contributed by atoms with Gasteiger partial charge in [-0.15, -0.1) is 0 Å². The predicted molar refractivity (Wildman–Crippen MR) is 125 cm³/mol. The standard InChI is InChI=1S/C22H28N6O9/c23-14(7-18(31)32)19(33)28-17(9-29)21(35)26-15(5-11-1-3-13(30)4-2-11)20(34)27-16(22(36)37)6-12-8-24-10-25-12/h1-4,8,10,14-17,29-30H,5-7,9,23H2,(H,24,25)(H,26,35)(H,27,34)(H,28,33)(H,31,32)(H,36,37). The summed E-state index contributed by atoms with van der Waals surface area (Å²) >= 11 is 0. The first-order valence-electron chi connectivity index (χ1n) is 11.0. The van der Waals surface area contributed by atoms with Gasteiger partial charge >= 0.3 is 11.9 Å². The van der Waals surface area contributed by atoms with Crippen molar-refractivity contribution < 1.29 is 44.4 Å². The summed E-state index contributed by atoms with van der Waals surface area (Å²) in [6, 6.07) is -0.143. The van der Waals surface area contributed by atoms with Crippen LogP contribution in [0.25, 0.3) is 0 Å². The fourth-order valence-corrected chi connectivity index (χ4v) is 3.19. The van der Waals surface area contributed by atoms with E-state index in [0.29, 0.717) is 11.3 Å². The lowest BCUT2D eigenvalue weighted by molar-refractivity contribution is -0.142. The number of phenols is 1. The highest BCUT2D eigenvalue weighted by atomic mass is 16.4. The molecular weight excluding hydrogens is 492 g/mol. The topological polar surface area (TPSA) is 257 Å². The van der Waals surface area contributed by atoms with Gasteiger partial charge in [-0.25, -0.2) is 9.78 Å². The highest BCUT2D eigenvalue weighted by molar-refractivity contribution is 5.95. The van der Waals surface area contributed by atoms with Gasteiger partial charge in [0.15, 0.2) is 0 Å². The van der Waals surface area contributed by atoms with Crippen molar-refractivity contribution in [3.05, 3.63) is 48.0 Å². The zero-order valence-electron chi connectivity index (χ0n) is 19.5. The number of benzene rings is 1. The van der Waals surface area contributed by atoms with Crippen molar-refractivity contribution in [2.45, 2.75) is 43.4 Å². The number of aromatic nitrogens is 2. The third-order valence-electron chi connectivity index (χ3n) is 5.15. The highest BCUT2D eigenvalue weighted by Crippen LogP contribution is 2.12. The van der Waals surface area contributed by atoms with E-state index in [1.54, 1.807) is 0 Å². The number of nitrogens with zero attached hydrogens (tertiary/aromatic N) is 1. The van der Waals surface area contributed by atoms with Gasteiger partial charge in [0.25, 0.3) is 0 Å². The Hall–Kier alpha value is -4.50. The van der Waals surface area contributed by atoms with Crippen LogP contribution in [0.4, 0.5) is 0 Å². The fraction of sp³-hybridized carbons (Fsp3) is 0.364. The van der Waals surface area contributed by atoms with Crippen LogP contribution >= 0.6 is 0 Å². The van der Waals surface area contributed by atoms with Crippen LogP contribution in [0.3, 0.4) is 0 Å². The van der Waals surface area contributed by atoms with Gasteiger partial charge in [0, 0.05) is 24.7 Å². The summed E-state index contributed by atoms with van der Waals surface area (Å²) < 4.78 is 0. The lowest BCUT2D eigenvalue weighted by Gasteiger charge is -2.24. The van der Waals surface area contributed by atoms with Gasteiger partial charge in [0.2, 0.25) is 17.7 Å². The number of aromatic amines is 1. The van der Waals surface area contributed by atoms with E-state index in [9.17, 15) is 39.3 Å². The summed E-state index contributed by atoms with van der Waals surface area (Å²) in [7, 11) is 0. The quantitative estimate of drug-likeness (QED) is 0.123. The number of nitrogens with two attached hydrogens (primary N) is 1. The lowest BCUT2D eigenvalue weighted by atomic mass is 10.0. The molecule has 200 valence electrons. The molecule has 3 amide bonds. The molecular formula is C22H28N6O9. The number of nitrogens with one attached hydrogen (secondary N) is 4. The first-order valence-corrected chi connectivity index (χ1v) is 11.0. The summed E-state index contributed by atoms with van der Waals surface area (Å²) in [6.45, 7) is -0.900. The Morgan fingerprint density at radius 3 is 2.03 bits per heavy atom. The lowest BCUT2D eigenvalue weighted by Crippen LogP contribution is -2.58. The van der Waals surface area contributed by atoms with Gasteiger partial charge in [-0.2, -0.15) is 0 Å². The normalized spacial score (nSPS) is 14.0. The molecule has 2 rings (SSSR count). The van der Waals surface area contributed by atoms with E-state index in [4.69, 9.17) is 10.8 Å². The largest absolute Gasteiger partial charge is 0.508 e. The Bertz CT molecular complexity index is 1090. The van der Waals surface area contributed by atoms with Crippen molar-refractivity contribution in [2.75, 3.05) is 6.61 Å². The number of carbonyl (C=O) groups excluding carboxylic acids is 3. The van der Waals surface area contributed by atoms with Crippen LogP contribution in [0, 0.1) is 0 Å². The molecule has 4 atom stereocenters. The van der Waals surface area contributed by atoms with Crippen LogP contribution < -0.4 is 21.7 Å². The van der Waals surface area contributed by atoms with E-state index in [1.807, 2.05) is 0 Å². The molecule has 15 heteroatoms. The van der Waals surface area contributed by atoms with Crippen molar-refractivity contribution in [1.82, 2.24) is 25.9 Å². The summed E-state index contributed by atoms with van der Waals surface area (Å²) in [5.74, 6) is -5.62. The molecule has 0 fully saturated rings. The third-order valence-corrected chi connectivity index (χ3v) is 5.15. The SMILES string of the molecule is NC(CC(=O)O)C(=O)NC(CO)C(=O)NC(Cc1ccc(O)cc1)C(=O)NC(Cc1cnc[nH]1)C(=O)O. The third kappa shape index (κ3) is 9.23. The number of rotatable bonds is 14. The van der Waals surface area contributed by atoms with Gasteiger partial charge in [0.05, 0.1) is 25.4 Å². The molecule has 2 aromatic rings. The van der Waals surface area contributed by atoms with Crippen LogP contribution in [-0.4, -0.2) is 90.8 Å². The van der Waals surface area contributed by atoms with Crippen LogP contribution in [0.1, 0.15) is 17.7 Å². The number of carboxylic acids is 2. The summed E-state index contributed by atoms with van der Waals surface area (Å²) in [4.78, 5) is 67.0. The maximum absolute atomic E-state index is 13.1. The minimum atomic E-state index is -1.58. The number of aromatic hydroxyl groups is 1. The molecule has 1 aromatic carbocycles. The molecule has 0 bridgehead atoms. The number of carbonyl (C=O) groups is 5. The van der Waals surface area contributed by atoms with E-state index < -0.39 is 66.9 Å². The smallest absolute Gasteiger partial charge is 0.326 e. The second kappa shape index (κ2) is 13.6. The van der Waals surface area contributed by atoms with Crippen molar-refractivity contribution in [2.24, 2.45) is 5.73 Å². The molecule has 1 heterocycles. The average molecular weight is 520 g/mol. The van der Waals surface area contributed by atoms with Crippen LogP contribution in [-0.2, 0) is 36.8 Å². The molecule has 0 aliphatic rings. The van der Waals surface area contributed by atoms with Gasteiger partial charge in [0.1, 0.15) is 23.9 Å². The number of aliphatic carboxylic acids is 2. The number of amides is 3. The molecule has 10 N–H and O–H groups in total. The Labute approximate surface area is 210 Å². The van der Waals surface area contributed by atoms with Crippen LogP contribution in [0.5, 0.6) is 5.75 Å². The monoisotopic (exact) mass is 520 g/mol. The van der Waals surface area contributed by atoms with E-state index in [-0.39, 0.29) is 18.6 Å². The summed E-state index contributed by atoms with van der Waals surface area (Å²) in [6.07, 6.45) is 1.75. The molecule has 15 nitrogen and oxygen atoms in total. The fourth-order valence-electron chi connectivity index (χ4n) is 3.19. The Morgan fingerprint density at radius 2 is 1.49 bits per heavy atom. The van der Waals surface area contributed by atoms with E-state index in [0.717, 1.165) is 0 Å². The number of hydrogen-bond donors (Lipinski definition) is 9. The number of aliphatic hydroxyl groups is 1. The zero-order valence-corrected chi connectivity index (χ0v) is 19.5. The maximum Gasteiger partial charge on any atom is 0.326 e. The molecule has 37 heavy (non-hydrogen) atoms. The van der Waals surface area contributed by atoms with Crippen molar-refractivity contribution in [1.29, 1.82) is 0 Å². The molecule has 4 unspecified atom stereocenters. The molecule has 0 aliphatic heterocycles. The Morgan fingerprint density at radius 1 is 0.892 bits per heavy atom. The minimum absolute atomic E-state index is 0.0416. The number of hydrogen-bond acceptors (Lipinski definition) is 9. The predicted octanol–water partition coefficient (Wildman–Crippen LogP) is -2.77. The minimum Gasteiger partial charge on any atom is -0.508 e. The Balaban J connectivity index is 2.19. The van der Waals surface area contributed by atoms with Crippen LogP contribution in [0.2, 0.25) is 0 Å². The molecule has 0 saturated carbocycles. The summed E-state index contributed by atoms with van der Waals surface area (Å²) in [5, 5.41) is 44.2. The molecule has 0 saturated heterocycles. The van der Waals surface area contributed by atoms with Gasteiger partial charge < -0.3 is 47.1 Å². The van der Waals surface area contributed by atoms with Crippen molar-refractivity contribution in [3.8, 4) is 5.75 Å². The first kappa shape index (κ1) is 28.7. The first-order chi connectivity index (χ1) is 17.5. The van der Waals surface area contributed by atoms with Gasteiger partial charge in [-0.05, 0) is 17.7 Å². The number of aliphatic hydroxyl groups excluding tert-OH is 1. The van der Waals surface area contributed by atoms with Crippen molar-refractivity contribution >= 4 is 29.7 Å².